The highest BCUT2D eigenvalue weighted by Crippen LogP contribution is 2.45. The van der Waals surface area contributed by atoms with Crippen LogP contribution in [0.4, 0.5) is 5.69 Å². The highest BCUT2D eigenvalue weighted by Gasteiger charge is 2.33. The number of anilines is 1. The van der Waals surface area contributed by atoms with E-state index in [1.54, 1.807) is 6.07 Å². The maximum Gasteiger partial charge on any atom is 0.234 e. The zero-order valence-corrected chi connectivity index (χ0v) is 20.6. The van der Waals surface area contributed by atoms with Gasteiger partial charge in [-0.3, -0.25) is 14.4 Å². The van der Waals surface area contributed by atoms with Gasteiger partial charge in [0.25, 0.3) is 0 Å². The number of benzene rings is 2. The van der Waals surface area contributed by atoms with Gasteiger partial charge in [-0.05, 0) is 78.3 Å². The van der Waals surface area contributed by atoms with E-state index < -0.39 is 17.0 Å². The van der Waals surface area contributed by atoms with Gasteiger partial charge in [0.15, 0.2) is 0 Å². The average Bonchev–Trinajstić information content (AvgIpc) is 3.37. The molecule has 2 fully saturated rings. The van der Waals surface area contributed by atoms with Crippen molar-refractivity contribution in [3.8, 4) is 11.1 Å². The molecule has 2 saturated carbocycles. The number of carbonyl (C=O) groups is 3. The number of rotatable bonds is 3. The first-order valence-corrected chi connectivity index (χ1v) is 12.9. The van der Waals surface area contributed by atoms with E-state index >= 15 is 0 Å². The van der Waals surface area contributed by atoms with E-state index in [2.05, 4.69) is 17.4 Å². The third-order valence-corrected chi connectivity index (χ3v) is 8.30. The number of hydrogen-bond donors (Lipinski definition) is 1. The van der Waals surface area contributed by atoms with Gasteiger partial charge in [-0.1, -0.05) is 64.7 Å². The van der Waals surface area contributed by atoms with Gasteiger partial charge < -0.3 is 5.32 Å². The van der Waals surface area contributed by atoms with Crippen LogP contribution < -0.4 is 5.32 Å². The maximum atomic E-state index is 12.9. The van der Waals surface area contributed by atoms with Gasteiger partial charge in [-0.15, -0.1) is 0 Å². The monoisotopic (exact) mass is 457 g/mol. The third-order valence-electron chi connectivity index (χ3n) is 8.30. The molecule has 0 aliphatic heterocycles. The van der Waals surface area contributed by atoms with Gasteiger partial charge in [0, 0.05) is 22.2 Å². The van der Waals surface area contributed by atoms with E-state index in [4.69, 9.17) is 0 Å². The summed E-state index contributed by atoms with van der Waals surface area (Å²) >= 11 is 0. The molecule has 4 nitrogen and oxygen atoms in total. The van der Waals surface area contributed by atoms with Crippen LogP contribution in [0.15, 0.2) is 36.4 Å². The quantitative estimate of drug-likeness (QED) is 0.497. The molecule has 0 atom stereocenters. The van der Waals surface area contributed by atoms with E-state index in [9.17, 15) is 14.4 Å². The van der Waals surface area contributed by atoms with Gasteiger partial charge in [0.1, 0.15) is 0 Å². The molecule has 178 valence electrons. The smallest absolute Gasteiger partial charge is 0.234 e. The fraction of sp³-hybridized carbons (Fsp3) is 0.500. The number of Topliss-reactive ketones (excluding diaryl/α,β-unsaturated/α-hetero) is 2. The summed E-state index contributed by atoms with van der Waals surface area (Å²) < 4.78 is 0. The molecule has 3 aliphatic rings. The van der Waals surface area contributed by atoms with Crippen LogP contribution in [0.5, 0.6) is 0 Å². The topological polar surface area (TPSA) is 63.2 Å². The molecule has 0 aromatic heterocycles. The van der Waals surface area contributed by atoms with E-state index in [0.29, 0.717) is 22.7 Å². The van der Waals surface area contributed by atoms with Crippen molar-refractivity contribution >= 4 is 23.2 Å². The van der Waals surface area contributed by atoms with Gasteiger partial charge in [0.05, 0.1) is 0 Å². The summed E-state index contributed by atoms with van der Waals surface area (Å²) in [6.45, 7) is 5.53. The van der Waals surface area contributed by atoms with Crippen molar-refractivity contribution in [3.05, 3.63) is 53.1 Å². The predicted molar refractivity (Wildman–Crippen MR) is 135 cm³/mol. The fourth-order valence-corrected chi connectivity index (χ4v) is 6.20. The molecule has 0 radical (unpaired) electrons. The minimum absolute atomic E-state index is 0.127. The molecule has 4 heteroatoms. The summed E-state index contributed by atoms with van der Waals surface area (Å²) in [7, 11) is 0. The van der Waals surface area contributed by atoms with Crippen LogP contribution in [0, 0.1) is 17.3 Å². The second kappa shape index (κ2) is 8.79. The number of ketones is 2. The van der Waals surface area contributed by atoms with Gasteiger partial charge in [-0.2, -0.15) is 0 Å². The lowest BCUT2D eigenvalue weighted by Gasteiger charge is -2.33. The van der Waals surface area contributed by atoms with E-state index in [0.717, 1.165) is 23.0 Å². The minimum Gasteiger partial charge on any atom is -0.326 e. The van der Waals surface area contributed by atoms with E-state index in [1.807, 2.05) is 39.0 Å². The molecule has 2 aromatic carbocycles. The van der Waals surface area contributed by atoms with Crippen LogP contribution in [0.1, 0.15) is 104 Å². The number of nitrogens with one attached hydrogen (secondary N) is 1. The van der Waals surface area contributed by atoms with Crippen LogP contribution in [0.2, 0.25) is 0 Å². The van der Waals surface area contributed by atoms with Crippen molar-refractivity contribution in [2.45, 2.75) is 78.1 Å². The first-order chi connectivity index (χ1) is 16.2. The van der Waals surface area contributed by atoms with Gasteiger partial charge in [0.2, 0.25) is 17.5 Å². The largest absolute Gasteiger partial charge is 0.326 e. The lowest BCUT2D eigenvalue weighted by Crippen LogP contribution is -2.28. The predicted octanol–water partition coefficient (Wildman–Crippen LogP) is 7.18. The lowest BCUT2D eigenvalue weighted by molar-refractivity contribution is -0.123. The molecule has 2 aromatic rings. The summed E-state index contributed by atoms with van der Waals surface area (Å²) in [6.07, 6.45) is 10.7. The Labute approximate surface area is 202 Å². The zero-order valence-electron chi connectivity index (χ0n) is 20.6. The second-order valence-corrected chi connectivity index (χ2v) is 11.6. The van der Waals surface area contributed by atoms with Crippen molar-refractivity contribution in [3.63, 3.8) is 0 Å². The zero-order chi connectivity index (χ0) is 24.0. The molecule has 0 heterocycles. The standard InChI is InChI=1S/C30H35NO3/c1-30(2,3)29(34)31-22-13-15-23-25-16-21(12-14-24(25)27(32)28(33)26(23)17-22)20-10-8-19(9-11-20)18-6-4-5-7-18/h12-20H,4-11H2,1-3H3,(H,31,34). The summed E-state index contributed by atoms with van der Waals surface area (Å²) in [5, 5.41) is 2.88. The molecule has 0 saturated heterocycles. The van der Waals surface area contributed by atoms with Crippen molar-refractivity contribution in [2.24, 2.45) is 17.3 Å². The molecule has 0 unspecified atom stereocenters. The van der Waals surface area contributed by atoms with Crippen LogP contribution >= 0.6 is 0 Å². The Morgan fingerprint density at radius 2 is 1.35 bits per heavy atom. The Kier molecular flexibility index (Phi) is 5.95. The Hall–Kier alpha value is -2.75. The van der Waals surface area contributed by atoms with Crippen LogP contribution in [-0.2, 0) is 4.79 Å². The fourth-order valence-electron chi connectivity index (χ4n) is 6.20. The molecular formula is C30H35NO3. The summed E-state index contributed by atoms with van der Waals surface area (Å²) in [6, 6.07) is 11.4. The van der Waals surface area contributed by atoms with E-state index in [-0.39, 0.29) is 5.91 Å². The number of amides is 1. The van der Waals surface area contributed by atoms with Gasteiger partial charge >= 0.3 is 0 Å². The number of carbonyl (C=O) groups excluding carboxylic acids is 3. The first kappa shape index (κ1) is 23.0. The number of fused-ring (bicyclic) bond motifs is 3. The lowest BCUT2D eigenvalue weighted by atomic mass is 9.72. The molecule has 0 bridgehead atoms. The van der Waals surface area contributed by atoms with Crippen molar-refractivity contribution in [2.75, 3.05) is 5.32 Å². The molecular weight excluding hydrogens is 422 g/mol. The van der Waals surface area contributed by atoms with Gasteiger partial charge in [-0.25, -0.2) is 0 Å². The second-order valence-electron chi connectivity index (χ2n) is 11.6. The van der Waals surface area contributed by atoms with Crippen LogP contribution in [0.25, 0.3) is 11.1 Å². The summed E-state index contributed by atoms with van der Waals surface area (Å²) in [5.41, 5.74) is 3.79. The minimum atomic E-state index is -0.548. The highest BCUT2D eigenvalue weighted by atomic mass is 16.2. The molecule has 1 N–H and O–H groups in total. The SMILES string of the molecule is CC(C)(C)C(=O)Nc1ccc2c(c1)C(=O)C(=O)c1ccc(C3CCC(C4CCCC4)CC3)cc1-2. The molecule has 5 rings (SSSR count). The first-order valence-electron chi connectivity index (χ1n) is 12.9. The van der Waals surface area contributed by atoms with Crippen molar-refractivity contribution in [1.82, 2.24) is 0 Å². The van der Waals surface area contributed by atoms with E-state index in [1.165, 1.54) is 56.9 Å². The molecule has 3 aliphatic carbocycles. The molecule has 0 spiro atoms. The van der Waals surface area contributed by atoms with Crippen LogP contribution in [0.3, 0.4) is 0 Å². The number of hydrogen-bond acceptors (Lipinski definition) is 3. The highest BCUT2D eigenvalue weighted by molar-refractivity contribution is 6.53. The Balaban J connectivity index is 1.41. The average molecular weight is 458 g/mol. The van der Waals surface area contributed by atoms with Crippen molar-refractivity contribution < 1.29 is 14.4 Å². The summed E-state index contributed by atoms with van der Waals surface area (Å²) in [5.74, 6) is 1.26. The maximum absolute atomic E-state index is 12.9. The Morgan fingerprint density at radius 3 is 2.03 bits per heavy atom. The molecule has 34 heavy (non-hydrogen) atoms. The van der Waals surface area contributed by atoms with Crippen molar-refractivity contribution in [1.29, 1.82) is 0 Å². The summed E-state index contributed by atoms with van der Waals surface area (Å²) in [4.78, 5) is 38.2. The molecule has 1 amide bonds. The third kappa shape index (κ3) is 4.23. The van der Waals surface area contributed by atoms with Crippen LogP contribution in [-0.4, -0.2) is 17.5 Å². The Bertz CT molecular complexity index is 1140. The normalized spacial score (nSPS) is 22.9. The Morgan fingerprint density at radius 1 is 0.735 bits per heavy atom.